The Morgan fingerprint density at radius 3 is 2.34 bits per heavy atom. The number of anilines is 1. The lowest BCUT2D eigenvalue weighted by molar-refractivity contribution is -0.121. The summed E-state index contributed by atoms with van der Waals surface area (Å²) in [5.74, 6) is 1.12. The molecule has 0 spiro atoms. The van der Waals surface area contributed by atoms with Gasteiger partial charge in [-0.05, 0) is 73.9 Å². The monoisotopic (exact) mass is 520 g/mol. The van der Waals surface area contributed by atoms with E-state index in [1.165, 1.54) is 12.1 Å². The second kappa shape index (κ2) is 14.3. The molecule has 0 heterocycles. The van der Waals surface area contributed by atoms with Crippen LogP contribution in [0.2, 0.25) is 0 Å². The van der Waals surface area contributed by atoms with Gasteiger partial charge in [0, 0.05) is 24.2 Å². The molecule has 0 aliphatic heterocycles. The third-order valence-electron chi connectivity index (χ3n) is 5.49. The van der Waals surface area contributed by atoms with E-state index in [9.17, 15) is 14.4 Å². The van der Waals surface area contributed by atoms with Crippen molar-refractivity contribution in [3.8, 4) is 17.2 Å². The Morgan fingerprint density at radius 2 is 1.63 bits per heavy atom. The van der Waals surface area contributed by atoms with Gasteiger partial charge in [0.1, 0.15) is 5.75 Å². The minimum Gasteiger partial charge on any atom is -0.493 e. The lowest BCUT2D eigenvalue weighted by Gasteiger charge is -2.13. The first-order valence-electron chi connectivity index (χ1n) is 12.3. The smallest absolute Gasteiger partial charge is 0.493 e. The summed E-state index contributed by atoms with van der Waals surface area (Å²) in [6.45, 7) is 4.59. The second-order valence-corrected chi connectivity index (χ2v) is 8.12. The number of para-hydroxylation sites is 1. The van der Waals surface area contributed by atoms with Crippen LogP contribution in [-0.2, 0) is 22.5 Å². The fraction of sp³-hybridized carbons (Fsp3) is 0.276. The number of hydrogen-bond acceptors (Lipinski definition) is 7. The number of nitrogens with one attached hydrogen (secondary N) is 2. The van der Waals surface area contributed by atoms with Crippen LogP contribution in [0.4, 0.5) is 10.5 Å². The normalized spacial score (nSPS) is 10.3. The molecule has 0 saturated heterocycles. The van der Waals surface area contributed by atoms with Crippen LogP contribution in [0.3, 0.4) is 0 Å². The Morgan fingerprint density at radius 1 is 0.868 bits per heavy atom. The molecule has 0 aromatic heterocycles. The molecule has 3 aromatic rings. The van der Waals surface area contributed by atoms with Crippen molar-refractivity contribution in [3.63, 3.8) is 0 Å². The predicted molar refractivity (Wildman–Crippen MR) is 143 cm³/mol. The summed E-state index contributed by atoms with van der Waals surface area (Å²) in [5, 5.41) is 5.78. The molecule has 200 valence electrons. The number of benzene rings is 3. The first-order chi connectivity index (χ1) is 18.4. The van der Waals surface area contributed by atoms with E-state index in [4.69, 9.17) is 18.9 Å². The van der Waals surface area contributed by atoms with Crippen LogP contribution >= 0.6 is 0 Å². The summed E-state index contributed by atoms with van der Waals surface area (Å²) >= 11 is 0. The molecule has 0 atom stereocenters. The van der Waals surface area contributed by atoms with Crippen LogP contribution in [0.15, 0.2) is 66.7 Å². The first kappa shape index (κ1) is 28.0. The van der Waals surface area contributed by atoms with E-state index in [0.717, 1.165) is 11.1 Å². The summed E-state index contributed by atoms with van der Waals surface area (Å²) in [6, 6.07) is 19.0. The van der Waals surface area contributed by atoms with Crippen LogP contribution in [-0.4, -0.2) is 38.3 Å². The van der Waals surface area contributed by atoms with Crippen molar-refractivity contribution >= 4 is 23.7 Å². The van der Waals surface area contributed by atoms with Gasteiger partial charge >= 0.3 is 6.16 Å². The molecule has 38 heavy (non-hydrogen) atoms. The highest BCUT2D eigenvalue weighted by molar-refractivity contribution is 6.04. The van der Waals surface area contributed by atoms with Crippen molar-refractivity contribution in [1.29, 1.82) is 0 Å². The van der Waals surface area contributed by atoms with Gasteiger partial charge in [-0.2, -0.15) is 0 Å². The molecule has 2 N–H and O–H groups in total. The number of amides is 2. The zero-order valence-electron chi connectivity index (χ0n) is 21.7. The Kier molecular flexibility index (Phi) is 10.5. The fourth-order valence-electron chi connectivity index (χ4n) is 3.59. The quantitative estimate of drug-likeness (QED) is 0.251. The molecule has 0 bridgehead atoms. The third kappa shape index (κ3) is 8.26. The number of aryl methyl sites for hydroxylation is 1. The number of carbonyl (C=O) groups excluding carboxylic acids is 3. The van der Waals surface area contributed by atoms with Crippen molar-refractivity contribution in [2.45, 2.75) is 33.2 Å². The van der Waals surface area contributed by atoms with Gasteiger partial charge < -0.3 is 29.6 Å². The number of hydrogen-bond donors (Lipinski definition) is 2. The highest BCUT2D eigenvalue weighted by Gasteiger charge is 2.12. The minimum absolute atomic E-state index is 0.115. The maximum absolute atomic E-state index is 12.8. The van der Waals surface area contributed by atoms with E-state index < -0.39 is 6.16 Å². The van der Waals surface area contributed by atoms with E-state index in [1.807, 2.05) is 37.3 Å². The Balaban J connectivity index is 1.54. The van der Waals surface area contributed by atoms with Crippen molar-refractivity contribution < 1.29 is 33.3 Å². The molecule has 0 aliphatic rings. The minimum atomic E-state index is -0.806. The second-order valence-electron chi connectivity index (χ2n) is 8.12. The molecule has 9 heteroatoms. The Hall–Kier alpha value is -4.53. The molecule has 9 nitrogen and oxygen atoms in total. The molecule has 0 unspecified atom stereocenters. The van der Waals surface area contributed by atoms with E-state index in [1.54, 1.807) is 38.3 Å². The summed E-state index contributed by atoms with van der Waals surface area (Å²) in [7, 11) is 1.58. The van der Waals surface area contributed by atoms with Crippen LogP contribution < -0.4 is 24.8 Å². The van der Waals surface area contributed by atoms with Gasteiger partial charge in [-0.25, -0.2) is 4.79 Å². The van der Waals surface area contributed by atoms with Crippen LogP contribution in [0.25, 0.3) is 0 Å². The van der Waals surface area contributed by atoms with Gasteiger partial charge in [0.2, 0.25) is 5.91 Å². The molecule has 3 aromatic carbocycles. The summed E-state index contributed by atoms with van der Waals surface area (Å²) in [5.41, 5.74) is 2.69. The molecule has 2 amide bonds. The average Bonchev–Trinajstić information content (AvgIpc) is 2.92. The van der Waals surface area contributed by atoms with Crippen LogP contribution in [0, 0.1) is 0 Å². The van der Waals surface area contributed by atoms with Gasteiger partial charge in [0.15, 0.2) is 11.5 Å². The molecule has 3 rings (SSSR count). The molecule has 0 saturated carbocycles. The van der Waals surface area contributed by atoms with Gasteiger partial charge in [-0.15, -0.1) is 0 Å². The number of carbonyl (C=O) groups is 3. The van der Waals surface area contributed by atoms with Gasteiger partial charge in [0.25, 0.3) is 5.91 Å². The van der Waals surface area contributed by atoms with Crippen molar-refractivity contribution in [1.82, 2.24) is 5.32 Å². The van der Waals surface area contributed by atoms with Gasteiger partial charge in [-0.1, -0.05) is 24.3 Å². The third-order valence-corrected chi connectivity index (χ3v) is 5.49. The zero-order valence-corrected chi connectivity index (χ0v) is 21.7. The number of ether oxygens (including phenoxy) is 4. The Bertz CT molecular complexity index is 1240. The lowest BCUT2D eigenvalue weighted by atomic mass is 10.1. The van der Waals surface area contributed by atoms with Crippen LogP contribution in [0.1, 0.15) is 41.8 Å². The largest absolute Gasteiger partial charge is 0.513 e. The molecular formula is C29H32N2O7. The van der Waals surface area contributed by atoms with E-state index in [0.29, 0.717) is 42.2 Å². The van der Waals surface area contributed by atoms with Gasteiger partial charge in [-0.3, -0.25) is 9.59 Å². The summed E-state index contributed by atoms with van der Waals surface area (Å²) in [6.07, 6.45) is 0.0363. The molecular weight excluding hydrogens is 488 g/mol. The van der Waals surface area contributed by atoms with Crippen molar-refractivity contribution in [2.24, 2.45) is 0 Å². The SMILES string of the molecule is CCOC(=O)Oc1ccc(C(=O)Nc2ccccc2CNC(=O)CCc2ccc(OCC)c(OC)c2)cc1. The van der Waals surface area contributed by atoms with Crippen molar-refractivity contribution in [3.05, 3.63) is 83.4 Å². The molecule has 0 aliphatic carbocycles. The standard InChI is InChI=1S/C29H32N2O7/c1-4-36-25-16-10-20(18-26(25)35-3)11-17-27(32)30-19-22-8-6-7-9-24(22)31-28(33)21-12-14-23(15-13-21)38-29(34)37-5-2/h6-10,12-16,18H,4-5,11,17,19H2,1-3H3,(H,30,32)(H,31,33). The highest BCUT2D eigenvalue weighted by Crippen LogP contribution is 2.28. The lowest BCUT2D eigenvalue weighted by Crippen LogP contribution is -2.24. The summed E-state index contributed by atoms with van der Waals surface area (Å²) < 4.78 is 20.7. The maximum Gasteiger partial charge on any atom is 0.513 e. The van der Waals surface area contributed by atoms with Gasteiger partial charge in [0.05, 0.1) is 20.3 Å². The van der Waals surface area contributed by atoms with E-state index in [-0.39, 0.29) is 30.7 Å². The van der Waals surface area contributed by atoms with E-state index in [2.05, 4.69) is 10.6 Å². The predicted octanol–water partition coefficient (Wildman–Crippen LogP) is 5.13. The molecule has 0 fully saturated rings. The maximum atomic E-state index is 12.8. The van der Waals surface area contributed by atoms with Crippen molar-refractivity contribution in [2.75, 3.05) is 25.6 Å². The van der Waals surface area contributed by atoms with Crippen LogP contribution in [0.5, 0.6) is 17.2 Å². The number of rotatable bonds is 12. The number of methoxy groups -OCH3 is 1. The van der Waals surface area contributed by atoms with E-state index >= 15 is 0 Å². The average molecular weight is 521 g/mol. The first-order valence-corrected chi connectivity index (χ1v) is 12.3. The highest BCUT2D eigenvalue weighted by atomic mass is 16.7. The summed E-state index contributed by atoms with van der Waals surface area (Å²) in [4.78, 5) is 36.7. The zero-order chi connectivity index (χ0) is 27.3. The molecule has 0 radical (unpaired) electrons. The Labute approximate surface area is 222 Å². The topological polar surface area (TPSA) is 112 Å². The fourth-order valence-corrected chi connectivity index (χ4v) is 3.59.